The third-order valence-corrected chi connectivity index (χ3v) is 3.84. The minimum absolute atomic E-state index is 0. The van der Waals surface area contributed by atoms with Gasteiger partial charge in [0.05, 0.1) is 0 Å². The number of amides is 2. The Morgan fingerprint density at radius 3 is 2.68 bits per heavy atom. The quantitative estimate of drug-likeness (QED) is 0.864. The van der Waals surface area contributed by atoms with Gasteiger partial charge >= 0.3 is 0 Å². The van der Waals surface area contributed by atoms with Crippen LogP contribution in [0.15, 0.2) is 30.3 Å². The Labute approximate surface area is 137 Å². The lowest BCUT2D eigenvalue weighted by atomic mass is 10.0. The van der Waals surface area contributed by atoms with E-state index in [9.17, 15) is 9.59 Å². The van der Waals surface area contributed by atoms with Crippen molar-refractivity contribution in [1.82, 2.24) is 10.2 Å². The van der Waals surface area contributed by atoms with E-state index in [-0.39, 0.29) is 42.7 Å². The molecule has 22 heavy (non-hydrogen) atoms. The Morgan fingerprint density at radius 1 is 1.36 bits per heavy atom. The third kappa shape index (κ3) is 5.00. The summed E-state index contributed by atoms with van der Waals surface area (Å²) < 4.78 is 0. The lowest BCUT2D eigenvalue weighted by Gasteiger charge is -2.17. The van der Waals surface area contributed by atoms with Crippen LogP contribution < -0.4 is 11.1 Å². The fraction of sp³-hybridized carbons (Fsp3) is 0.500. The van der Waals surface area contributed by atoms with E-state index in [0.717, 1.165) is 18.5 Å². The molecule has 0 bridgehead atoms. The maximum Gasteiger partial charge on any atom is 0.222 e. The highest BCUT2D eigenvalue weighted by Gasteiger charge is 2.26. The van der Waals surface area contributed by atoms with Crippen LogP contribution in [0, 0.1) is 0 Å². The minimum atomic E-state index is -0.291. The first-order valence-corrected chi connectivity index (χ1v) is 7.47. The summed E-state index contributed by atoms with van der Waals surface area (Å²) in [6, 6.07) is 9.37. The number of likely N-dealkylation sites (tertiary alicyclic amines) is 1. The normalized spacial score (nSPS) is 18.5. The topological polar surface area (TPSA) is 75.4 Å². The van der Waals surface area contributed by atoms with Crippen LogP contribution in [-0.4, -0.2) is 35.8 Å². The van der Waals surface area contributed by atoms with Crippen molar-refractivity contribution in [2.24, 2.45) is 5.73 Å². The highest BCUT2D eigenvalue weighted by atomic mass is 35.5. The van der Waals surface area contributed by atoms with E-state index >= 15 is 0 Å². The number of rotatable bonds is 5. The molecule has 122 valence electrons. The van der Waals surface area contributed by atoms with Crippen LogP contribution in [0.2, 0.25) is 0 Å². The summed E-state index contributed by atoms with van der Waals surface area (Å²) >= 11 is 0. The molecule has 5 nitrogen and oxygen atoms in total. The van der Waals surface area contributed by atoms with Gasteiger partial charge in [0.15, 0.2) is 0 Å². The van der Waals surface area contributed by atoms with Crippen molar-refractivity contribution in [3.63, 3.8) is 0 Å². The highest BCUT2D eigenvalue weighted by Crippen LogP contribution is 2.15. The lowest BCUT2D eigenvalue weighted by molar-refractivity contribution is -0.130. The number of benzene rings is 1. The molecule has 1 aliphatic heterocycles. The number of nitrogens with two attached hydrogens (primary N) is 1. The van der Waals surface area contributed by atoms with Gasteiger partial charge < -0.3 is 16.0 Å². The molecule has 6 heteroatoms. The first-order valence-electron chi connectivity index (χ1n) is 7.47. The SMILES string of the molecule is CCC(=O)N1CCC(NC(=O)CC(N)c2ccccc2)C1.Cl. The average molecular weight is 326 g/mol. The molecular formula is C16H24ClN3O2. The molecule has 1 aromatic rings. The van der Waals surface area contributed by atoms with Gasteiger partial charge in [0.1, 0.15) is 0 Å². The first kappa shape index (κ1) is 18.5. The minimum Gasteiger partial charge on any atom is -0.351 e. The molecule has 0 aliphatic carbocycles. The number of nitrogens with zero attached hydrogens (tertiary/aromatic N) is 1. The van der Waals surface area contributed by atoms with E-state index in [1.165, 1.54) is 0 Å². The van der Waals surface area contributed by atoms with Gasteiger partial charge in [-0.15, -0.1) is 12.4 Å². The fourth-order valence-electron chi connectivity index (χ4n) is 2.63. The Bertz CT molecular complexity index is 495. The van der Waals surface area contributed by atoms with Gasteiger partial charge in [0.2, 0.25) is 11.8 Å². The van der Waals surface area contributed by atoms with Crippen molar-refractivity contribution in [1.29, 1.82) is 0 Å². The molecule has 3 N–H and O–H groups in total. The monoisotopic (exact) mass is 325 g/mol. The second-order valence-corrected chi connectivity index (χ2v) is 5.47. The molecule has 1 aliphatic rings. The number of carbonyl (C=O) groups excluding carboxylic acids is 2. The standard InChI is InChI=1S/C16H23N3O2.ClH/c1-2-16(21)19-9-8-13(11-19)18-15(20)10-14(17)12-6-4-3-5-7-12;/h3-7,13-14H,2,8-11,17H2,1H3,(H,18,20);1H. The molecule has 2 unspecified atom stereocenters. The molecule has 0 aromatic heterocycles. The van der Waals surface area contributed by atoms with Crippen LogP contribution >= 0.6 is 12.4 Å². The number of hydrogen-bond donors (Lipinski definition) is 2. The zero-order valence-electron chi connectivity index (χ0n) is 12.8. The van der Waals surface area contributed by atoms with Crippen molar-refractivity contribution >= 4 is 24.2 Å². The van der Waals surface area contributed by atoms with E-state index in [1.54, 1.807) is 0 Å². The Hall–Kier alpha value is -1.59. The Morgan fingerprint density at radius 2 is 2.05 bits per heavy atom. The summed E-state index contributed by atoms with van der Waals surface area (Å²) in [6.45, 7) is 3.19. The second-order valence-electron chi connectivity index (χ2n) is 5.47. The van der Waals surface area contributed by atoms with Crippen LogP contribution in [0.3, 0.4) is 0 Å². The van der Waals surface area contributed by atoms with Gasteiger partial charge in [-0.1, -0.05) is 37.3 Å². The maximum atomic E-state index is 12.0. The maximum absolute atomic E-state index is 12.0. The molecule has 2 rings (SSSR count). The molecule has 1 saturated heterocycles. The van der Waals surface area contributed by atoms with Crippen LogP contribution in [0.5, 0.6) is 0 Å². The molecular weight excluding hydrogens is 302 g/mol. The number of nitrogens with one attached hydrogen (secondary N) is 1. The summed E-state index contributed by atoms with van der Waals surface area (Å²) in [7, 11) is 0. The number of halogens is 1. The van der Waals surface area contributed by atoms with Crippen LogP contribution in [0.25, 0.3) is 0 Å². The van der Waals surface area contributed by atoms with E-state index in [2.05, 4.69) is 5.32 Å². The summed E-state index contributed by atoms with van der Waals surface area (Å²) in [5, 5.41) is 2.98. The smallest absolute Gasteiger partial charge is 0.222 e. The van der Waals surface area contributed by atoms with Gasteiger partial charge in [0.25, 0.3) is 0 Å². The predicted octanol–water partition coefficient (Wildman–Crippen LogP) is 1.63. The summed E-state index contributed by atoms with van der Waals surface area (Å²) in [4.78, 5) is 25.4. The van der Waals surface area contributed by atoms with Gasteiger partial charge in [-0.05, 0) is 12.0 Å². The zero-order valence-corrected chi connectivity index (χ0v) is 13.6. The zero-order chi connectivity index (χ0) is 15.2. The molecule has 1 fully saturated rings. The number of hydrogen-bond acceptors (Lipinski definition) is 3. The summed E-state index contributed by atoms with van der Waals surface area (Å²) in [5.74, 6) is 0.0925. The van der Waals surface area contributed by atoms with E-state index in [4.69, 9.17) is 5.73 Å². The van der Waals surface area contributed by atoms with Gasteiger partial charge in [-0.2, -0.15) is 0 Å². The fourth-order valence-corrected chi connectivity index (χ4v) is 2.63. The molecule has 1 heterocycles. The van der Waals surface area contributed by atoms with Gasteiger partial charge in [-0.3, -0.25) is 9.59 Å². The van der Waals surface area contributed by atoms with Gasteiger partial charge in [-0.25, -0.2) is 0 Å². The summed E-state index contributed by atoms with van der Waals surface area (Å²) in [5.41, 5.74) is 7.00. The van der Waals surface area contributed by atoms with Crippen molar-refractivity contribution in [3.8, 4) is 0 Å². The van der Waals surface area contributed by atoms with Crippen molar-refractivity contribution < 1.29 is 9.59 Å². The molecule has 2 atom stereocenters. The van der Waals surface area contributed by atoms with Crippen molar-refractivity contribution in [2.75, 3.05) is 13.1 Å². The average Bonchev–Trinajstić information content (AvgIpc) is 2.95. The summed E-state index contributed by atoms with van der Waals surface area (Å²) in [6.07, 6.45) is 1.60. The van der Waals surface area contributed by atoms with Crippen molar-refractivity contribution in [2.45, 2.75) is 38.3 Å². The van der Waals surface area contributed by atoms with Crippen molar-refractivity contribution in [3.05, 3.63) is 35.9 Å². The molecule has 0 saturated carbocycles. The lowest BCUT2D eigenvalue weighted by Crippen LogP contribution is -2.39. The predicted molar refractivity (Wildman–Crippen MR) is 88.7 cm³/mol. The molecule has 2 amide bonds. The first-order chi connectivity index (χ1) is 10.1. The second kappa shape index (κ2) is 8.76. The van der Waals surface area contributed by atoms with Crippen LogP contribution in [-0.2, 0) is 9.59 Å². The van der Waals surface area contributed by atoms with Crippen LogP contribution in [0.4, 0.5) is 0 Å². The van der Waals surface area contributed by atoms with Crippen LogP contribution in [0.1, 0.15) is 37.8 Å². The largest absolute Gasteiger partial charge is 0.351 e. The molecule has 0 radical (unpaired) electrons. The highest BCUT2D eigenvalue weighted by molar-refractivity contribution is 5.85. The van der Waals surface area contributed by atoms with E-state index in [0.29, 0.717) is 13.0 Å². The van der Waals surface area contributed by atoms with E-state index in [1.807, 2.05) is 42.2 Å². The Kier molecular flexibility index (Phi) is 7.35. The Balaban J connectivity index is 0.00000242. The number of carbonyl (C=O) groups is 2. The molecule has 0 spiro atoms. The van der Waals surface area contributed by atoms with E-state index < -0.39 is 0 Å². The third-order valence-electron chi connectivity index (χ3n) is 3.84. The molecule has 1 aromatic carbocycles. The van der Waals surface area contributed by atoms with Gasteiger partial charge in [0, 0.05) is 38.0 Å².